The summed E-state index contributed by atoms with van der Waals surface area (Å²) in [5.74, 6) is -0.249. The Kier molecular flexibility index (Phi) is 1.83. The number of nitrogens with one attached hydrogen (secondary N) is 1. The van der Waals surface area contributed by atoms with Crippen LogP contribution in [0.2, 0.25) is 0 Å². The number of rotatable bonds is 1. The maximum Gasteiger partial charge on any atom is 0.337 e. The Hall–Kier alpha value is -1.35. The van der Waals surface area contributed by atoms with E-state index in [4.69, 9.17) is 4.74 Å². The predicted molar refractivity (Wildman–Crippen MR) is 55.6 cm³/mol. The molecule has 2 unspecified atom stereocenters. The van der Waals surface area contributed by atoms with Gasteiger partial charge in [-0.15, -0.1) is 0 Å². The predicted octanol–water partition coefficient (Wildman–Crippen LogP) is 1.95. The second-order valence-electron chi connectivity index (χ2n) is 4.18. The van der Waals surface area contributed by atoms with E-state index in [0.29, 0.717) is 17.6 Å². The SMILES string of the molecule is COC(=O)c1ccc2c(c1)C1CCC2N1. The topological polar surface area (TPSA) is 38.3 Å². The van der Waals surface area contributed by atoms with Crippen molar-refractivity contribution < 1.29 is 9.53 Å². The highest BCUT2D eigenvalue weighted by Gasteiger charge is 2.36. The van der Waals surface area contributed by atoms with Gasteiger partial charge in [0.1, 0.15) is 0 Å². The van der Waals surface area contributed by atoms with Crippen LogP contribution in [0, 0.1) is 0 Å². The molecule has 0 radical (unpaired) electrons. The standard InChI is InChI=1S/C12H13NO2/c1-15-12(14)7-2-3-8-9(6-7)11-5-4-10(8)13-11/h2-3,6,10-11,13H,4-5H2,1H3. The third kappa shape index (κ3) is 1.20. The maximum absolute atomic E-state index is 11.4. The average Bonchev–Trinajstić information content (AvgIpc) is 2.88. The van der Waals surface area contributed by atoms with E-state index >= 15 is 0 Å². The molecule has 1 saturated heterocycles. The highest BCUT2D eigenvalue weighted by molar-refractivity contribution is 5.89. The Morgan fingerprint density at radius 2 is 2.07 bits per heavy atom. The van der Waals surface area contributed by atoms with Crippen LogP contribution in [0.25, 0.3) is 0 Å². The van der Waals surface area contributed by atoms with E-state index in [0.717, 1.165) is 0 Å². The van der Waals surface area contributed by atoms with Crippen LogP contribution in [0.4, 0.5) is 0 Å². The molecule has 15 heavy (non-hydrogen) atoms. The van der Waals surface area contributed by atoms with Crippen molar-refractivity contribution >= 4 is 5.97 Å². The second-order valence-corrected chi connectivity index (χ2v) is 4.18. The van der Waals surface area contributed by atoms with Gasteiger partial charge in [0.15, 0.2) is 0 Å². The van der Waals surface area contributed by atoms with E-state index in [9.17, 15) is 4.79 Å². The minimum atomic E-state index is -0.249. The zero-order valence-electron chi connectivity index (χ0n) is 8.62. The summed E-state index contributed by atoms with van der Waals surface area (Å²) in [4.78, 5) is 11.4. The van der Waals surface area contributed by atoms with Gasteiger partial charge in [-0.25, -0.2) is 4.79 Å². The van der Waals surface area contributed by atoms with E-state index in [1.54, 1.807) is 0 Å². The summed E-state index contributed by atoms with van der Waals surface area (Å²) in [6.07, 6.45) is 2.40. The van der Waals surface area contributed by atoms with Crippen LogP contribution in [0.1, 0.15) is 46.4 Å². The van der Waals surface area contributed by atoms with Crippen LogP contribution < -0.4 is 5.32 Å². The van der Waals surface area contributed by atoms with Crippen molar-refractivity contribution in [1.82, 2.24) is 5.32 Å². The lowest BCUT2D eigenvalue weighted by Crippen LogP contribution is -2.06. The summed E-state index contributed by atoms with van der Waals surface area (Å²) in [5, 5.41) is 3.53. The molecule has 3 heteroatoms. The summed E-state index contributed by atoms with van der Waals surface area (Å²) in [5.41, 5.74) is 3.30. The third-order valence-electron chi connectivity index (χ3n) is 3.41. The number of methoxy groups -OCH3 is 1. The largest absolute Gasteiger partial charge is 0.465 e. The molecular weight excluding hydrogens is 190 g/mol. The molecular formula is C12H13NO2. The van der Waals surface area contributed by atoms with E-state index < -0.39 is 0 Å². The molecule has 0 aromatic heterocycles. The molecule has 3 nitrogen and oxygen atoms in total. The van der Waals surface area contributed by atoms with Crippen LogP contribution in [0.5, 0.6) is 0 Å². The zero-order chi connectivity index (χ0) is 10.4. The van der Waals surface area contributed by atoms with Gasteiger partial charge in [0.05, 0.1) is 12.7 Å². The molecule has 1 N–H and O–H groups in total. The number of fused-ring (bicyclic) bond motifs is 5. The molecule has 0 saturated carbocycles. The van der Waals surface area contributed by atoms with Gasteiger partial charge >= 0.3 is 5.97 Å². The summed E-state index contributed by atoms with van der Waals surface area (Å²) in [7, 11) is 1.42. The van der Waals surface area contributed by atoms with Gasteiger partial charge < -0.3 is 10.1 Å². The Labute approximate surface area is 88.4 Å². The fraction of sp³-hybridized carbons (Fsp3) is 0.417. The molecule has 1 fully saturated rings. The van der Waals surface area contributed by atoms with E-state index in [2.05, 4.69) is 11.4 Å². The molecule has 0 aliphatic carbocycles. The monoisotopic (exact) mass is 203 g/mol. The van der Waals surface area contributed by atoms with Gasteiger partial charge in [-0.3, -0.25) is 0 Å². The maximum atomic E-state index is 11.4. The van der Waals surface area contributed by atoms with Gasteiger partial charge in [0.2, 0.25) is 0 Å². The number of hydrogen-bond acceptors (Lipinski definition) is 3. The number of ether oxygens (including phenoxy) is 1. The van der Waals surface area contributed by atoms with Gasteiger partial charge in [0.25, 0.3) is 0 Å². The number of esters is 1. The Morgan fingerprint density at radius 1 is 1.33 bits per heavy atom. The van der Waals surface area contributed by atoms with Crippen LogP contribution in [-0.4, -0.2) is 13.1 Å². The first kappa shape index (κ1) is 8.92. The summed E-state index contributed by atoms with van der Waals surface area (Å²) in [6.45, 7) is 0. The van der Waals surface area contributed by atoms with Crippen molar-refractivity contribution in [2.75, 3.05) is 7.11 Å². The molecule has 2 bridgehead atoms. The van der Waals surface area contributed by atoms with Crippen LogP contribution in [0.15, 0.2) is 18.2 Å². The minimum absolute atomic E-state index is 0.249. The molecule has 1 aromatic rings. The Morgan fingerprint density at radius 3 is 2.80 bits per heavy atom. The van der Waals surface area contributed by atoms with E-state index in [1.165, 1.54) is 31.1 Å². The molecule has 2 atom stereocenters. The van der Waals surface area contributed by atoms with Crippen molar-refractivity contribution in [3.05, 3.63) is 34.9 Å². The molecule has 1 aromatic carbocycles. The van der Waals surface area contributed by atoms with Gasteiger partial charge in [-0.1, -0.05) is 6.07 Å². The van der Waals surface area contributed by atoms with Crippen molar-refractivity contribution in [3.63, 3.8) is 0 Å². The third-order valence-corrected chi connectivity index (χ3v) is 3.41. The van der Waals surface area contributed by atoms with Crippen LogP contribution >= 0.6 is 0 Å². The lowest BCUT2D eigenvalue weighted by Gasteiger charge is -2.13. The lowest BCUT2D eigenvalue weighted by molar-refractivity contribution is 0.0600. The lowest BCUT2D eigenvalue weighted by atomic mass is 9.90. The normalized spacial score (nSPS) is 26.5. The van der Waals surface area contributed by atoms with Crippen LogP contribution in [0.3, 0.4) is 0 Å². The Bertz CT molecular complexity index is 428. The van der Waals surface area contributed by atoms with E-state index in [-0.39, 0.29) is 5.97 Å². The molecule has 3 rings (SSSR count). The first-order chi connectivity index (χ1) is 7.29. The first-order valence-corrected chi connectivity index (χ1v) is 5.28. The fourth-order valence-corrected chi connectivity index (χ4v) is 2.67. The molecule has 2 aliphatic heterocycles. The van der Waals surface area contributed by atoms with Crippen molar-refractivity contribution in [2.45, 2.75) is 24.9 Å². The zero-order valence-corrected chi connectivity index (χ0v) is 8.62. The molecule has 78 valence electrons. The fourth-order valence-electron chi connectivity index (χ4n) is 2.67. The van der Waals surface area contributed by atoms with E-state index in [1.807, 2.05) is 12.1 Å². The number of carbonyl (C=O) groups is 1. The van der Waals surface area contributed by atoms with Gasteiger partial charge in [-0.2, -0.15) is 0 Å². The highest BCUT2D eigenvalue weighted by Crippen LogP contribution is 2.44. The van der Waals surface area contributed by atoms with Crippen molar-refractivity contribution in [3.8, 4) is 0 Å². The smallest absolute Gasteiger partial charge is 0.337 e. The number of benzene rings is 1. The average molecular weight is 203 g/mol. The molecule has 2 aliphatic rings. The number of carbonyl (C=O) groups excluding carboxylic acids is 1. The first-order valence-electron chi connectivity index (χ1n) is 5.28. The second kappa shape index (κ2) is 3.07. The Balaban J connectivity index is 2.04. The van der Waals surface area contributed by atoms with Gasteiger partial charge in [-0.05, 0) is 36.1 Å². The summed E-state index contributed by atoms with van der Waals surface area (Å²) < 4.78 is 4.72. The summed E-state index contributed by atoms with van der Waals surface area (Å²) in [6, 6.07) is 6.84. The van der Waals surface area contributed by atoms with Gasteiger partial charge in [0, 0.05) is 12.1 Å². The minimum Gasteiger partial charge on any atom is -0.465 e. The molecule has 0 amide bonds. The molecule has 0 spiro atoms. The number of hydrogen-bond donors (Lipinski definition) is 1. The highest BCUT2D eigenvalue weighted by atomic mass is 16.5. The molecule has 2 heterocycles. The van der Waals surface area contributed by atoms with Crippen LogP contribution in [-0.2, 0) is 4.74 Å². The summed E-state index contributed by atoms with van der Waals surface area (Å²) >= 11 is 0. The van der Waals surface area contributed by atoms with Crippen molar-refractivity contribution in [2.24, 2.45) is 0 Å². The quantitative estimate of drug-likeness (QED) is 0.709. The van der Waals surface area contributed by atoms with Crippen molar-refractivity contribution in [1.29, 1.82) is 0 Å².